The van der Waals surface area contributed by atoms with Crippen LogP contribution in [0.25, 0.3) is 11.2 Å². The van der Waals surface area contributed by atoms with Gasteiger partial charge in [0.05, 0.1) is 17.8 Å². The normalized spacial score (nSPS) is 14.7. The summed E-state index contributed by atoms with van der Waals surface area (Å²) in [7, 11) is 0. The Labute approximate surface area is 219 Å². The predicted octanol–water partition coefficient (Wildman–Crippen LogP) is 6.21. The maximum absolute atomic E-state index is 15.0. The summed E-state index contributed by atoms with van der Waals surface area (Å²) in [5.74, 6) is -1.97. The van der Waals surface area contributed by atoms with Crippen LogP contribution in [0.4, 0.5) is 23.2 Å². The van der Waals surface area contributed by atoms with E-state index in [1.165, 1.54) is 29.0 Å². The number of hydrogen-bond acceptors (Lipinski definition) is 5. The van der Waals surface area contributed by atoms with E-state index in [1.807, 2.05) is 0 Å². The van der Waals surface area contributed by atoms with Crippen molar-refractivity contribution in [3.05, 3.63) is 64.2 Å². The third-order valence-corrected chi connectivity index (χ3v) is 6.73. The molecule has 0 saturated heterocycles. The third kappa shape index (κ3) is 5.12. The van der Waals surface area contributed by atoms with Crippen LogP contribution in [-0.4, -0.2) is 30.2 Å². The molecule has 3 heterocycles. The lowest BCUT2D eigenvalue weighted by Gasteiger charge is -2.24. The Kier molecular flexibility index (Phi) is 6.91. The summed E-state index contributed by atoms with van der Waals surface area (Å²) in [6.07, 6.45) is 1.15. The SMILES string of the molecule is CC(C)n1c(=O)[nH]c2nccc(Oc3ccc(NC(=O)c4cnn(C5CCCCC5)c4C(F)(F)F)cc3F)c21. The average molecular weight is 547 g/mol. The van der Waals surface area contributed by atoms with Gasteiger partial charge in [-0.15, -0.1) is 0 Å². The molecule has 39 heavy (non-hydrogen) atoms. The van der Waals surface area contributed by atoms with Crippen molar-refractivity contribution in [2.45, 2.75) is 64.2 Å². The standard InChI is InChI=1S/C26H26F4N6O3/c1-14(2)35-21-20(10-11-31-23(21)34-25(35)38)39-19-9-8-15(12-18(19)27)33-24(37)17-13-32-36(22(17)26(28,29)30)16-6-4-3-5-7-16/h8-14,16H,3-7H2,1-2H3,(H,33,37)(H,31,34,38). The molecule has 1 aliphatic carbocycles. The smallest absolute Gasteiger partial charge is 0.433 e. The van der Waals surface area contributed by atoms with Crippen molar-refractivity contribution < 1.29 is 27.1 Å². The molecule has 1 fully saturated rings. The number of ether oxygens (including phenoxy) is 1. The van der Waals surface area contributed by atoms with Crippen molar-refractivity contribution >= 4 is 22.8 Å². The van der Waals surface area contributed by atoms with Gasteiger partial charge in [0, 0.05) is 30.1 Å². The molecular formula is C26H26F4N6O3. The number of nitrogens with one attached hydrogen (secondary N) is 2. The molecule has 0 radical (unpaired) electrons. The highest BCUT2D eigenvalue weighted by Gasteiger charge is 2.41. The second kappa shape index (κ2) is 10.2. The maximum Gasteiger partial charge on any atom is 0.433 e. The van der Waals surface area contributed by atoms with Crippen LogP contribution in [0.5, 0.6) is 11.5 Å². The molecule has 2 N–H and O–H groups in total. The van der Waals surface area contributed by atoms with Gasteiger partial charge in [-0.3, -0.25) is 19.0 Å². The minimum atomic E-state index is -4.80. The number of fused-ring (bicyclic) bond motifs is 1. The highest BCUT2D eigenvalue weighted by molar-refractivity contribution is 6.05. The molecule has 13 heteroatoms. The lowest BCUT2D eigenvalue weighted by molar-refractivity contribution is -0.145. The Morgan fingerprint density at radius 3 is 2.56 bits per heavy atom. The number of rotatable bonds is 6. The number of benzene rings is 1. The minimum absolute atomic E-state index is 0.0657. The van der Waals surface area contributed by atoms with Gasteiger partial charge in [0.25, 0.3) is 5.91 Å². The number of carbonyl (C=O) groups is 1. The molecule has 3 aromatic heterocycles. The number of H-pyrrole nitrogens is 1. The quantitative estimate of drug-likeness (QED) is 0.280. The number of aromatic amines is 1. The zero-order valence-corrected chi connectivity index (χ0v) is 21.2. The van der Waals surface area contributed by atoms with E-state index in [0.29, 0.717) is 18.4 Å². The summed E-state index contributed by atoms with van der Waals surface area (Å²) in [5.41, 5.74) is -1.59. The summed E-state index contributed by atoms with van der Waals surface area (Å²) in [6.45, 7) is 3.60. The number of pyridine rings is 1. The molecule has 1 saturated carbocycles. The lowest BCUT2D eigenvalue weighted by Crippen LogP contribution is -2.24. The summed E-state index contributed by atoms with van der Waals surface area (Å²) in [5, 5.41) is 6.23. The zero-order chi connectivity index (χ0) is 27.9. The Hall–Kier alpha value is -4.16. The van der Waals surface area contributed by atoms with E-state index in [4.69, 9.17) is 4.74 Å². The van der Waals surface area contributed by atoms with E-state index in [9.17, 15) is 22.8 Å². The Bertz CT molecular complexity index is 1580. The monoisotopic (exact) mass is 546 g/mol. The van der Waals surface area contributed by atoms with E-state index in [1.54, 1.807) is 13.8 Å². The largest absolute Gasteiger partial charge is 0.452 e. The van der Waals surface area contributed by atoms with Gasteiger partial charge in [0.1, 0.15) is 5.52 Å². The van der Waals surface area contributed by atoms with E-state index in [2.05, 4.69) is 20.4 Å². The number of anilines is 1. The molecule has 206 valence electrons. The van der Waals surface area contributed by atoms with Crippen molar-refractivity contribution in [2.75, 3.05) is 5.32 Å². The minimum Gasteiger partial charge on any atom is -0.452 e. The number of nitrogens with zero attached hydrogens (tertiary/aromatic N) is 4. The van der Waals surface area contributed by atoms with E-state index < -0.39 is 40.9 Å². The van der Waals surface area contributed by atoms with Crippen molar-refractivity contribution in [1.29, 1.82) is 0 Å². The first-order valence-corrected chi connectivity index (χ1v) is 12.6. The second-order valence-electron chi connectivity index (χ2n) is 9.74. The first-order chi connectivity index (χ1) is 18.5. The predicted molar refractivity (Wildman–Crippen MR) is 135 cm³/mol. The second-order valence-corrected chi connectivity index (χ2v) is 9.74. The van der Waals surface area contributed by atoms with E-state index in [-0.39, 0.29) is 28.9 Å². The van der Waals surface area contributed by atoms with Gasteiger partial charge in [-0.2, -0.15) is 18.3 Å². The van der Waals surface area contributed by atoms with Gasteiger partial charge < -0.3 is 10.1 Å². The first-order valence-electron chi connectivity index (χ1n) is 12.6. The number of carbonyl (C=O) groups excluding carboxylic acids is 1. The van der Waals surface area contributed by atoms with Crippen LogP contribution in [0.2, 0.25) is 0 Å². The van der Waals surface area contributed by atoms with Crippen molar-refractivity contribution in [2.24, 2.45) is 0 Å². The number of aromatic nitrogens is 5. The van der Waals surface area contributed by atoms with Gasteiger partial charge in [-0.25, -0.2) is 14.2 Å². The molecular weight excluding hydrogens is 520 g/mol. The van der Waals surface area contributed by atoms with Gasteiger partial charge >= 0.3 is 11.9 Å². The summed E-state index contributed by atoms with van der Waals surface area (Å²) < 4.78 is 65.0. The summed E-state index contributed by atoms with van der Waals surface area (Å²) in [4.78, 5) is 31.9. The van der Waals surface area contributed by atoms with Crippen LogP contribution in [0, 0.1) is 5.82 Å². The van der Waals surface area contributed by atoms with Crippen LogP contribution in [-0.2, 0) is 6.18 Å². The highest BCUT2D eigenvalue weighted by atomic mass is 19.4. The van der Waals surface area contributed by atoms with Crippen molar-refractivity contribution in [1.82, 2.24) is 24.3 Å². The summed E-state index contributed by atoms with van der Waals surface area (Å²) in [6, 6.07) is 4.29. The molecule has 5 rings (SSSR count). The maximum atomic E-state index is 15.0. The van der Waals surface area contributed by atoms with Gasteiger partial charge in [-0.1, -0.05) is 19.3 Å². The number of amides is 1. The van der Waals surface area contributed by atoms with Crippen LogP contribution in [0.15, 0.2) is 41.5 Å². The lowest BCUT2D eigenvalue weighted by atomic mass is 9.95. The average Bonchev–Trinajstić information content (AvgIpc) is 3.48. The molecule has 0 aliphatic heterocycles. The summed E-state index contributed by atoms with van der Waals surface area (Å²) >= 11 is 0. The molecule has 0 atom stereocenters. The Morgan fingerprint density at radius 1 is 1.15 bits per heavy atom. The molecule has 0 bridgehead atoms. The molecule has 9 nitrogen and oxygen atoms in total. The number of halogens is 4. The van der Waals surface area contributed by atoms with Crippen LogP contribution in [0.1, 0.15) is 74.1 Å². The highest BCUT2D eigenvalue weighted by Crippen LogP contribution is 2.38. The Morgan fingerprint density at radius 2 is 1.90 bits per heavy atom. The van der Waals surface area contributed by atoms with Crippen LogP contribution in [0.3, 0.4) is 0 Å². The fourth-order valence-corrected chi connectivity index (χ4v) is 4.99. The van der Waals surface area contributed by atoms with Crippen LogP contribution < -0.4 is 15.7 Å². The number of imidazole rings is 1. The molecule has 0 unspecified atom stereocenters. The molecule has 0 spiro atoms. The topological polar surface area (TPSA) is 107 Å². The van der Waals surface area contributed by atoms with E-state index in [0.717, 1.165) is 36.2 Å². The fourth-order valence-electron chi connectivity index (χ4n) is 4.99. The molecule has 1 aromatic carbocycles. The van der Waals surface area contributed by atoms with Gasteiger partial charge in [0.2, 0.25) is 0 Å². The molecule has 1 amide bonds. The number of alkyl halides is 3. The van der Waals surface area contributed by atoms with Crippen molar-refractivity contribution in [3.8, 4) is 11.5 Å². The fraction of sp³-hybridized carbons (Fsp3) is 0.385. The zero-order valence-electron chi connectivity index (χ0n) is 21.2. The van der Waals surface area contributed by atoms with Crippen LogP contribution >= 0.6 is 0 Å². The Balaban J connectivity index is 1.40. The van der Waals surface area contributed by atoms with Gasteiger partial charge in [0.15, 0.2) is 28.7 Å². The van der Waals surface area contributed by atoms with Crippen molar-refractivity contribution in [3.63, 3.8) is 0 Å². The number of hydrogen-bond donors (Lipinski definition) is 2. The molecule has 1 aliphatic rings. The third-order valence-electron chi connectivity index (χ3n) is 6.73. The van der Waals surface area contributed by atoms with E-state index >= 15 is 4.39 Å². The first kappa shape index (κ1) is 26.4. The molecule has 4 aromatic rings. The van der Waals surface area contributed by atoms with Gasteiger partial charge in [-0.05, 0) is 38.8 Å².